The molecule has 1 N–H and O–H groups in total. The van der Waals surface area contributed by atoms with Crippen molar-refractivity contribution in [3.63, 3.8) is 0 Å². The Bertz CT molecular complexity index is 859. The number of nitrogens with zero attached hydrogens (tertiary/aromatic N) is 2. The summed E-state index contributed by atoms with van der Waals surface area (Å²) in [5, 5.41) is 0.795. The van der Waals surface area contributed by atoms with Gasteiger partial charge in [-0.3, -0.25) is 4.79 Å². The van der Waals surface area contributed by atoms with Gasteiger partial charge < -0.3 is 9.55 Å². The predicted molar refractivity (Wildman–Crippen MR) is 105 cm³/mol. The van der Waals surface area contributed by atoms with E-state index in [1.54, 1.807) is 0 Å². The van der Waals surface area contributed by atoms with Gasteiger partial charge in [0.05, 0.1) is 16.8 Å². The van der Waals surface area contributed by atoms with Crippen LogP contribution in [0.5, 0.6) is 0 Å². The number of hydrogen-bond donors (Lipinski definition) is 1. The van der Waals surface area contributed by atoms with E-state index >= 15 is 0 Å². The molecular weight excluding hydrogens is 330 g/mol. The second-order valence-corrected chi connectivity index (χ2v) is 7.85. The SMILES string of the molecule is Cc1cc(C(=O)CSc2nc3ccccc3[nH]2)c(C)n1CCC(C)C. The standard InChI is InChI=1S/C20H25N3OS/c1-13(2)9-10-23-14(3)11-16(15(23)4)19(24)12-25-20-21-17-7-5-6-8-18(17)22-20/h5-8,11,13H,9-10,12H2,1-4H3,(H,21,22). The van der Waals surface area contributed by atoms with Gasteiger partial charge in [-0.2, -0.15) is 0 Å². The Morgan fingerprint density at radius 1 is 1.28 bits per heavy atom. The van der Waals surface area contributed by atoms with E-state index in [1.165, 1.54) is 11.8 Å². The van der Waals surface area contributed by atoms with Gasteiger partial charge in [0.2, 0.25) is 0 Å². The second kappa shape index (κ2) is 7.48. The molecule has 2 aromatic heterocycles. The molecule has 0 amide bonds. The number of carbonyl (C=O) groups is 1. The minimum atomic E-state index is 0.161. The fraction of sp³-hybridized carbons (Fsp3) is 0.400. The number of H-pyrrole nitrogens is 1. The van der Waals surface area contributed by atoms with E-state index in [-0.39, 0.29) is 5.78 Å². The second-order valence-electron chi connectivity index (χ2n) is 6.89. The summed E-state index contributed by atoms with van der Waals surface area (Å²) in [4.78, 5) is 20.5. The lowest BCUT2D eigenvalue weighted by atomic mass is 10.1. The summed E-state index contributed by atoms with van der Waals surface area (Å²) in [7, 11) is 0. The molecule has 0 saturated heterocycles. The molecule has 3 aromatic rings. The molecule has 0 radical (unpaired) electrons. The van der Waals surface area contributed by atoms with E-state index in [9.17, 15) is 4.79 Å². The highest BCUT2D eigenvalue weighted by molar-refractivity contribution is 7.99. The first-order valence-corrected chi connectivity index (χ1v) is 9.71. The fourth-order valence-electron chi connectivity index (χ4n) is 3.02. The molecule has 0 aliphatic carbocycles. The van der Waals surface area contributed by atoms with E-state index in [1.807, 2.05) is 37.3 Å². The van der Waals surface area contributed by atoms with Crippen LogP contribution in [-0.2, 0) is 6.54 Å². The Morgan fingerprint density at radius 2 is 2.04 bits per heavy atom. The number of Topliss-reactive ketones (excluding diaryl/α,β-unsaturated/α-hetero) is 1. The number of rotatable bonds is 7. The van der Waals surface area contributed by atoms with Crippen molar-refractivity contribution < 1.29 is 4.79 Å². The molecule has 0 aliphatic rings. The Morgan fingerprint density at radius 3 is 2.76 bits per heavy atom. The van der Waals surface area contributed by atoms with Crippen molar-refractivity contribution in [1.82, 2.24) is 14.5 Å². The molecular formula is C20H25N3OS. The maximum absolute atomic E-state index is 12.7. The summed E-state index contributed by atoms with van der Waals surface area (Å²) in [5.41, 5.74) is 5.02. The minimum Gasteiger partial charge on any atom is -0.348 e. The molecule has 0 aliphatic heterocycles. The van der Waals surface area contributed by atoms with Crippen molar-refractivity contribution in [3.05, 3.63) is 47.3 Å². The molecule has 0 saturated carbocycles. The number of benzene rings is 1. The maximum Gasteiger partial charge on any atom is 0.175 e. The molecule has 0 unspecified atom stereocenters. The highest BCUT2D eigenvalue weighted by Gasteiger charge is 2.16. The zero-order chi connectivity index (χ0) is 18.0. The van der Waals surface area contributed by atoms with Crippen LogP contribution in [-0.4, -0.2) is 26.1 Å². The molecule has 0 bridgehead atoms. The van der Waals surface area contributed by atoms with E-state index in [0.29, 0.717) is 11.7 Å². The van der Waals surface area contributed by atoms with Gasteiger partial charge in [-0.15, -0.1) is 0 Å². The number of thioether (sulfide) groups is 1. The van der Waals surface area contributed by atoms with Gasteiger partial charge in [0.15, 0.2) is 10.9 Å². The Balaban J connectivity index is 1.69. The summed E-state index contributed by atoms with van der Waals surface area (Å²) >= 11 is 1.47. The van der Waals surface area contributed by atoms with Crippen molar-refractivity contribution in [1.29, 1.82) is 0 Å². The van der Waals surface area contributed by atoms with Crippen molar-refractivity contribution in [3.8, 4) is 0 Å². The van der Waals surface area contributed by atoms with Crippen LogP contribution in [0, 0.1) is 19.8 Å². The highest BCUT2D eigenvalue weighted by Crippen LogP contribution is 2.23. The van der Waals surface area contributed by atoms with Gasteiger partial charge in [0, 0.05) is 23.5 Å². The Kier molecular flexibility index (Phi) is 5.33. The molecule has 0 atom stereocenters. The molecule has 5 heteroatoms. The average Bonchev–Trinajstić information content (AvgIpc) is 3.11. The average molecular weight is 356 g/mol. The van der Waals surface area contributed by atoms with Crippen LogP contribution in [0.2, 0.25) is 0 Å². The first-order chi connectivity index (χ1) is 12.0. The molecule has 0 fully saturated rings. The number of nitrogens with one attached hydrogen (secondary N) is 1. The molecule has 1 aromatic carbocycles. The number of fused-ring (bicyclic) bond motifs is 1. The predicted octanol–water partition coefficient (Wildman–Crippen LogP) is 5.00. The monoisotopic (exact) mass is 355 g/mol. The van der Waals surface area contributed by atoms with Crippen LogP contribution in [0.25, 0.3) is 11.0 Å². The van der Waals surface area contributed by atoms with Gasteiger partial charge in [0.25, 0.3) is 0 Å². The van der Waals surface area contributed by atoms with Crippen LogP contribution < -0.4 is 0 Å². The number of hydrogen-bond acceptors (Lipinski definition) is 3. The zero-order valence-corrected chi connectivity index (χ0v) is 16.1. The lowest BCUT2D eigenvalue weighted by Crippen LogP contribution is -2.08. The molecule has 2 heterocycles. The van der Waals surface area contributed by atoms with Crippen LogP contribution >= 0.6 is 11.8 Å². The zero-order valence-electron chi connectivity index (χ0n) is 15.3. The third-order valence-corrected chi connectivity index (χ3v) is 5.39. The largest absolute Gasteiger partial charge is 0.348 e. The van der Waals surface area contributed by atoms with Crippen molar-refractivity contribution in [2.75, 3.05) is 5.75 Å². The third-order valence-electron chi connectivity index (χ3n) is 4.51. The van der Waals surface area contributed by atoms with E-state index in [0.717, 1.165) is 46.1 Å². The summed E-state index contributed by atoms with van der Waals surface area (Å²) < 4.78 is 2.26. The topological polar surface area (TPSA) is 50.7 Å². The normalized spacial score (nSPS) is 11.6. The number of aromatic nitrogens is 3. The van der Waals surface area contributed by atoms with Gasteiger partial charge in [-0.1, -0.05) is 37.7 Å². The van der Waals surface area contributed by atoms with Crippen LogP contribution in [0.15, 0.2) is 35.5 Å². The smallest absolute Gasteiger partial charge is 0.175 e. The summed E-state index contributed by atoms with van der Waals surface area (Å²) in [6.45, 7) is 9.55. The first-order valence-electron chi connectivity index (χ1n) is 8.73. The van der Waals surface area contributed by atoms with Gasteiger partial charge >= 0.3 is 0 Å². The van der Waals surface area contributed by atoms with Gasteiger partial charge in [-0.05, 0) is 44.4 Å². The van der Waals surface area contributed by atoms with E-state index in [2.05, 4.69) is 35.3 Å². The molecule has 0 spiro atoms. The minimum absolute atomic E-state index is 0.161. The number of carbonyl (C=O) groups excluding carboxylic acids is 1. The number of aryl methyl sites for hydroxylation is 1. The Hall–Kier alpha value is -2.01. The number of para-hydroxylation sites is 2. The highest BCUT2D eigenvalue weighted by atomic mass is 32.2. The number of aromatic amines is 1. The maximum atomic E-state index is 12.7. The van der Waals surface area contributed by atoms with E-state index in [4.69, 9.17) is 0 Å². The van der Waals surface area contributed by atoms with Crippen LogP contribution in [0.3, 0.4) is 0 Å². The first kappa shape index (κ1) is 17.8. The molecule has 132 valence electrons. The van der Waals surface area contributed by atoms with Gasteiger partial charge in [-0.25, -0.2) is 4.98 Å². The van der Waals surface area contributed by atoms with Crippen LogP contribution in [0.1, 0.15) is 42.0 Å². The molecule has 25 heavy (non-hydrogen) atoms. The summed E-state index contributed by atoms with van der Waals surface area (Å²) in [6, 6.07) is 9.94. The Labute approximate surface area is 153 Å². The molecule has 3 rings (SSSR count). The van der Waals surface area contributed by atoms with Crippen molar-refractivity contribution >= 4 is 28.6 Å². The quantitative estimate of drug-likeness (QED) is 0.479. The van der Waals surface area contributed by atoms with Crippen molar-refractivity contribution in [2.24, 2.45) is 5.92 Å². The summed E-state index contributed by atoms with van der Waals surface area (Å²) in [6.07, 6.45) is 1.12. The fourth-order valence-corrected chi connectivity index (χ4v) is 3.79. The van der Waals surface area contributed by atoms with Crippen molar-refractivity contribution in [2.45, 2.75) is 45.8 Å². The number of imidazole rings is 1. The third kappa shape index (κ3) is 3.98. The number of ketones is 1. The van der Waals surface area contributed by atoms with E-state index < -0.39 is 0 Å². The summed E-state index contributed by atoms with van der Waals surface area (Å²) in [5.74, 6) is 1.22. The van der Waals surface area contributed by atoms with Gasteiger partial charge in [0.1, 0.15) is 0 Å². The lowest BCUT2D eigenvalue weighted by Gasteiger charge is -2.11. The van der Waals surface area contributed by atoms with Crippen LogP contribution in [0.4, 0.5) is 0 Å². The molecule has 4 nitrogen and oxygen atoms in total. The lowest BCUT2D eigenvalue weighted by molar-refractivity contribution is 0.102.